The van der Waals surface area contributed by atoms with Crippen molar-refractivity contribution in [2.24, 2.45) is 22.2 Å². The van der Waals surface area contributed by atoms with Crippen LogP contribution in [0.1, 0.15) is 34.1 Å². The van der Waals surface area contributed by atoms with Crippen molar-refractivity contribution in [3.63, 3.8) is 0 Å². The van der Waals surface area contributed by atoms with Gasteiger partial charge in [-0.3, -0.25) is 9.69 Å². The summed E-state index contributed by atoms with van der Waals surface area (Å²) in [6.45, 7) is 12.1. The highest BCUT2D eigenvalue weighted by atomic mass is 16.4. The molecule has 1 saturated heterocycles. The fraction of sp³-hybridized carbons (Fsp3) is 0.857. The Morgan fingerprint density at radius 2 is 1.85 bits per heavy atom. The average Bonchev–Trinajstić information content (AvgIpc) is 2.38. The van der Waals surface area contributed by atoms with Gasteiger partial charge in [0.05, 0.1) is 6.54 Å². The van der Waals surface area contributed by atoms with Crippen molar-refractivity contribution in [1.82, 2.24) is 9.80 Å². The van der Waals surface area contributed by atoms with Gasteiger partial charge in [0.25, 0.3) is 0 Å². The molecule has 6 nitrogen and oxygen atoms in total. The molecule has 1 aliphatic heterocycles. The average molecular weight is 284 g/mol. The maximum absolute atomic E-state index is 12.3. The molecule has 0 bridgehead atoms. The van der Waals surface area contributed by atoms with Gasteiger partial charge in [-0.2, -0.15) is 0 Å². The first-order valence-electron chi connectivity index (χ1n) is 7.20. The normalized spacial score (nSPS) is 20.0. The summed E-state index contributed by atoms with van der Waals surface area (Å²) < 4.78 is 0. The summed E-state index contributed by atoms with van der Waals surface area (Å²) in [5, 5.41) is 11.5. The van der Waals surface area contributed by atoms with Gasteiger partial charge < -0.3 is 15.8 Å². The summed E-state index contributed by atoms with van der Waals surface area (Å²) >= 11 is 0. The van der Waals surface area contributed by atoms with Crippen LogP contribution in [0.3, 0.4) is 0 Å². The molecule has 3 N–H and O–H groups in total. The van der Waals surface area contributed by atoms with Crippen LogP contribution in [0.5, 0.6) is 0 Å². The molecular formula is C14H28N4O2. The Bertz CT molecular complexity index is 355. The predicted octanol–water partition coefficient (Wildman–Crippen LogP) is 0.949. The van der Waals surface area contributed by atoms with Crippen molar-refractivity contribution in [3.05, 3.63) is 0 Å². The lowest BCUT2D eigenvalue weighted by Gasteiger charge is -2.36. The van der Waals surface area contributed by atoms with Gasteiger partial charge in [-0.1, -0.05) is 32.9 Å². The molecule has 6 heteroatoms. The minimum atomic E-state index is 0.156. The number of nitrogens with zero attached hydrogens (tertiary/aromatic N) is 3. The first-order chi connectivity index (χ1) is 9.24. The Balaban J connectivity index is 2.40. The van der Waals surface area contributed by atoms with E-state index in [4.69, 9.17) is 10.9 Å². The van der Waals surface area contributed by atoms with Gasteiger partial charge >= 0.3 is 0 Å². The first-order valence-corrected chi connectivity index (χ1v) is 7.20. The van der Waals surface area contributed by atoms with Crippen molar-refractivity contribution in [1.29, 1.82) is 0 Å². The highest BCUT2D eigenvalue weighted by Gasteiger charge is 2.27. The standard InChI is InChI=1S/C14H28N4O2/c1-11(14(2,3)4)9-13(19)18-7-5-17(6-8-18)10-12(15)16-20/h11,20H,5-10H2,1-4H3,(H2,15,16). The number of nitrogens with two attached hydrogens (primary N) is 1. The Hall–Kier alpha value is -1.30. The topological polar surface area (TPSA) is 82.2 Å². The van der Waals surface area contributed by atoms with Gasteiger partial charge in [-0.15, -0.1) is 0 Å². The fourth-order valence-corrected chi connectivity index (χ4v) is 2.11. The van der Waals surface area contributed by atoms with Crippen molar-refractivity contribution in [2.75, 3.05) is 32.7 Å². The minimum absolute atomic E-state index is 0.156. The van der Waals surface area contributed by atoms with Crippen molar-refractivity contribution < 1.29 is 10.0 Å². The molecule has 0 radical (unpaired) electrons. The molecule has 0 aromatic heterocycles. The maximum atomic E-state index is 12.3. The highest BCUT2D eigenvalue weighted by molar-refractivity contribution is 5.81. The SMILES string of the molecule is CC(CC(=O)N1CCN(CC(N)=NO)CC1)C(C)(C)C. The van der Waals surface area contributed by atoms with Crippen LogP contribution in [-0.4, -0.2) is 59.5 Å². The van der Waals surface area contributed by atoms with Gasteiger partial charge in [-0.05, 0) is 11.3 Å². The fourth-order valence-electron chi connectivity index (χ4n) is 2.11. The molecule has 1 atom stereocenters. The van der Waals surface area contributed by atoms with Crippen LogP contribution >= 0.6 is 0 Å². The molecule has 0 saturated carbocycles. The molecular weight excluding hydrogens is 256 g/mol. The summed E-state index contributed by atoms with van der Waals surface area (Å²) in [5.41, 5.74) is 5.65. The highest BCUT2D eigenvalue weighted by Crippen LogP contribution is 2.28. The second kappa shape index (κ2) is 6.92. The van der Waals surface area contributed by atoms with E-state index in [1.54, 1.807) is 0 Å². The van der Waals surface area contributed by atoms with E-state index in [1.165, 1.54) is 0 Å². The van der Waals surface area contributed by atoms with E-state index in [1.807, 2.05) is 4.90 Å². The second-order valence-corrected chi connectivity index (χ2v) is 6.72. The molecule has 0 aromatic rings. The lowest BCUT2D eigenvalue weighted by Crippen LogP contribution is -2.51. The lowest BCUT2D eigenvalue weighted by atomic mass is 9.80. The number of amidine groups is 1. The van der Waals surface area contributed by atoms with Gasteiger partial charge in [0, 0.05) is 32.6 Å². The van der Waals surface area contributed by atoms with Crippen LogP contribution in [0.15, 0.2) is 5.16 Å². The van der Waals surface area contributed by atoms with E-state index in [0.717, 1.165) is 13.1 Å². The summed E-state index contributed by atoms with van der Waals surface area (Å²) in [4.78, 5) is 16.3. The second-order valence-electron chi connectivity index (χ2n) is 6.72. The molecule has 1 aliphatic rings. The minimum Gasteiger partial charge on any atom is -0.409 e. The lowest BCUT2D eigenvalue weighted by molar-refractivity contribution is -0.134. The quantitative estimate of drug-likeness (QED) is 0.348. The smallest absolute Gasteiger partial charge is 0.222 e. The van der Waals surface area contributed by atoms with E-state index in [-0.39, 0.29) is 17.2 Å². The third-order valence-electron chi connectivity index (χ3n) is 4.20. The van der Waals surface area contributed by atoms with E-state index in [2.05, 4.69) is 37.8 Å². The van der Waals surface area contributed by atoms with Gasteiger partial charge in [0.15, 0.2) is 5.84 Å². The molecule has 1 fully saturated rings. The molecule has 0 aromatic carbocycles. The van der Waals surface area contributed by atoms with Gasteiger partial charge in [-0.25, -0.2) is 0 Å². The molecule has 1 unspecified atom stereocenters. The zero-order chi connectivity index (χ0) is 15.3. The van der Waals surface area contributed by atoms with Gasteiger partial charge in [0.2, 0.25) is 5.91 Å². The van der Waals surface area contributed by atoms with E-state index >= 15 is 0 Å². The van der Waals surface area contributed by atoms with Crippen LogP contribution in [0, 0.1) is 11.3 Å². The summed E-state index contributed by atoms with van der Waals surface area (Å²) in [5.74, 6) is 0.812. The summed E-state index contributed by atoms with van der Waals surface area (Å²) in [7, 11) is 0. The Labute approximate surface area is 121 Å². The largest absolute Gasteiger partial charge is 0.409 e. The summed E-state index contributed by atoms with van der Waals surface area (Å²) in [6, 6.07) is 0. The number of carbonyl (C=O) groups excluding carboxylic acids is 1. The van der Waals surface area contributed by atoms with Crippen LogP contribution in [0.4, 0.5) is 0 Å². The van der Waals surface area contributed by atoms with Crippen molar-refractivity contribution >= 4 is 11.7 Å². The Kier molecular flexibility index (Phi) is 5.80. The van der Waals surface area contributed by atoms with Gasteiger partial charge in [0.1, 0.15) is 0 Å². The molecule has 0 aliphatic carbocycles. The molecule has 1 amide bonds. The number of amides is 1. The van der Waals surface area contributed by atoms with E-state index < -0.39 is 0 Å². The first kappa shape index (κ1) is 16.8. The molecule has 1 rings (SSSR count). The van der Waals surface area contributed by atoms with E-state index in [0.29, 0.717) is 32.0 Å². The molecule has 116 valence electrons. The molecule has 20 heavy (non-hydrogen) atoms. The Morgan fingerprint density at radius 3 is 2.30 bits per heavy atom. The van der Waals surface area contributed by atoms with Crippen LogP contribution < -0.4 is 5.73 Å². The molecule has 0 spiro atoms. The van der Waals surface area contributed by atoms with Crippen LogP contribution in [0.25, 0.3) is 0 Å². The number of oxime groups is 1. The van der Waals surface area contributed by atoms with Crippen LogP contribution in [0.2, 0.25) is 0 Å². The van der Waals surface area contributed by atoms with E-state index in [9.17, 15) is 4.79 Å². The number of carbonyl (C=O) groups is 1. The number of piperazine rings is 1. The molecule has 1 heterocycles. The third kappa shape index (κ3) is 5.00. The zero-order valence-corrected chi connectivity index (χ0v) is 13.1. The van der Waals surface area contributed by atoms with Crippen molar-refractivity contribution in [2.45, 2.75) is 34.1 Å². The number of rotatable bonds is 4. The zero-order valence-electron chi connectivity index (χ0n) is 13.1. The third-order valence-corrected chi connectivity index (χ3v) is 4.20. The number of hydrogen-bond donors (Lipinski definition) is 2. The van der Waals surface area contributed by atoms with Crippen molar-refractivity contribution in [3.8, 4) is 0 Å². The maximum Gasteiger partial charge on any atom is 0.222 e. The van der Waals surface area contributed by atoms with Crippen LogP contribution in [-0.2, 0) is 4.79 Å². The summed E-state index contributed by atoms with van der Waals surface area (Å²) in [6.07, 6.45) is 0.601. The number of hydrogen-bond acceptors (Lipinski definition) is 4. The monoisotopic (exact) mass is 284 g/mol. The Morgan fingerprint density at radius 1 is 1.30 bits per heavy atom. The predicted molar refractivity (Wildman–Crippen MR) is 79.7 cm³/mol.